The molecule has 0 radical (unpaired) electrons. The van der Waals surface area contributed by atoms with Gasteiger partial charge < -0.3 is 14.8 Å². The molecule has 1 N–H and O–H groups in total. The molecule has 0 saturated carbocycles. The van der Waals surface area contributed by atoms with Crippen LogP contribution in [0.25, 0.3) is 17.0 Å². The van der Waals surface area contributed by atoms with E-state index in [0.29, 0.717) is 19.0 Å². The summed E-state index contributed by atoms with van der Waals surface area (Å²) in [5.41, 5.74) is 3.19. The quantitative estimate of drug-likeness (QED) is 0.745. The van der Waals surface area contributed by atoms with Crippen molar-refractivity contribution in [3.05, 3.63) is 53.7 Å². The molecule has 0 fully saturated rings. The number of nitrogens with zero attached hydrogens (tertiary/aromatic N) is 3. The topological polar surface area (TPSA) is 77.8 Å². The van der Waals surface area contributed by atoms with Crippen molar-refractivity contribution in [3.63, 3.8) is 0 Å². The number of carbonyl (C=O) groups is 1. The largest absolute Gasteiger partial charge is 0.444 e. The molecule has 0 bridgehead atoms. The number of fused-ring (bicyclic) bond motifs is 1. The van der Waals surface area contributed by atoms with E-state index in [-0.39, 0.29) is 0 Å². The predicted octanol–water partition coefficient (Wildman–Crippen LogP) is 3.57. The second kappa shape index (κ2) is 7.75. The van der Waals surface area contributed by atoms with Crippen LogP contribution in [0.2, 0.25) is 0 Å². The number of nitrogens with one attached hydrogen (secondary N) is 1. The van der Waals surface area contributed by atoms with Crippen molar-refractivity contribution < 1.29 is 14.3 Å². The lowest BCUT2D eigenvalue weighted by molar-refractivity contribution is 0.0523. The number of ether oxygens (including phenoxy) is 2. The third kappa shape index (κ3) is 5.04. The Hall–Kier alpha value is -2.93. The third-order valence-electron chi connectivity index (χ3n) is 3.76. The average Bonchev–Trinajstić information content (AvgIpc) is 3.02. The molecule has 1 aromatic carbocycles. The summed E-state index contributed by atoms with van der Waals surface area (Å²) in [6.07, 6.45) is 1.44. The maximum atomic E-state index is 11.7. The van der Waals surface area contributed by atoms with Crippen LogP contribution in [0.3, 0.4) is 0 Å². The highest BCUT2D eigenvalue weighted by Gasteiger charge is 2.15. The zero-order valence-electron chi connectivity index (χ0n) is 16.0. The first kappa shape index (κ1) is 18.8. The fourth-order valence-electron chi connectivity index (χ4n) is 2.56. The standard InChI is InChI=1S/C20H24N4O3/c1-20(2,3)27-19(25)21-12-14-5-7-16(8-6-14)18-22-17-11-15(13-26-4)9-10-24(17)23-18/h5-11H,12-13H2,1-4H3,(H,21,25). The van der Waals surface area contributed by atoms with Crippen molar-refractivity contribution in [3.8, 4) is 11.4 Å². The van der Waals surface area contributed by atoms with Crippen LogP contribution in [0.15, 0.2) is 42.6 Å². The number of methoxy groups -OCH3 is 1. The SMILES string of the molecule is COCc1ccn2nc(-c3ccc(CNC(=O)OC(C)(C)C)cc3)nc2c1. The molecule has 3 rings (SSSR count). The van der Waals surface area contributed by atoms with Gasteiger partial charge in [0.2, 0.25) is 0 Å². The minimum absolute atomic E-state index is 0.397. The fourth-order valence-corrected chi connectivity index (χ4v) is 2.56. The van der Waals surface area contributed by atoms with E-state index in [2.05, 4.69) is 15.4 Å². The van der Waals surface area contributed by atoms with Gasteiger partial charge in [-0.05, 0) is 44.0 Å². The number of pyridine rings is 1. The van der Waals surface area contributed by atoms with Gasteiger partial charge in [-0.25, -0.2) is 14.3 Å². The van der Waals surface area contributed by atoms with Gasteiger partial charge in [-0.3, -0.25) is 0 Å². The fraction of sp³-hybridized carbons (Fsp3) is 0.350. The Morgan fingerprint density at radius 3 is 2.56 bits per heavy atom. The Labute approximate surface area is 158 Å². The first-order valence-corrected chi connectivity index (χ1v) is 8.74. The number of hydrogen-bond acceptors (Lipinski definition) is 5. The lowest BCUT2D eigenvalue weighted by Gasteiger charge is -2.19. The molecule has 0 saturated heterocycles. The molecule has 0 spiro atoms. The normalized spacial score (nSPS) is 11.6. The molecule has 2 heterocycles. The predicted molar refractivity (Wildman–Crippen MR) is 102 cm³/mol. The monoisotopic (exact) mass is 368 g/mol. The van der Waals surface area contributed by atoms with Gasteiger partial charge in [0.15, 0.2) is 11.5 Å². The number of benzene rings is 1. The summed E-state index contributed by atoms with van der Waals surface area (Å²) in [5.74, 6) is 0.649. The summed E-state index contributed by atoms with van der Waals surface area (Å²) in [7, 11) is 1.67. The van der Waals surface area contributed by atoms with E-state index in [1.165, 1.54) is 0 Å². The Kier molecular flexibility index (Phi) is 5.41. The smallest absolute Gasteiger partial charge is 0.407 e. The lowest BCUT2D eigenvalue weighted by atomic mass is 10.1. The van der Waals surface area contributed by atoms with Gasteiger partial charge in [-0.15, -0.1) is 5.10 Å². The number of hydrogen-bond donors (Lipinski definition) is 1. The number of alkyl carbamates (subject to hydrolysis) is 1. The molecule has 7 heteroatoms. The molecule has 142 valence electrons. The minimum atomic E-state index is -0.508. The molecule has 2 aromatic heterocycles. The maximum Gasteiger partial charge on any atom is 0.407 e. The van der Waals surface area contributed by atoms with Gasteiger partial charge in [0.25, 0.3) is 0 Å². The zero-order valence-corrected chi connectivity index (χ0v) is 16.0. The zero-order chi connectivity index (χ0) is 19.4. The Morgan fingerprint density at radius 1 is 1.15 bits per heavy atom. The molecule has 1 amide bonds. The maximum absolute atomic E-state index is 11.7. The number of amides is 1. The second-order valence-electron chi connectivity index (χ2n) is 7.26. The summed E-state index contributed by atoms with van der Waals surface area (Å²) < 4.78 is 12.1. The van der Waals surface area contributed by atoms with Crippen molar-refractivity contribution in [2.45, 2.75) is 39.5 Å². The Morgan fingerprint density at radius 2 is 1.89 bits per heavy atom. The highest BCUT2D eigenvalue weighted by Crippen LogP contribution is 2.18. The Balaban J connectivity index is 1.68. The van der Waals surface area contributed by atoms with Gasteiger partial charge in [-0.2, -0.15) is 0 Å². The van der Waals surface area contributed by atoms with Crippen LogP contribution in [-0.4, -0.2) is 33.4 Å². The second-order valence-corrected chi connectivity index (χ2v) is 7.26. The summed E-state index contributed by atoms with van der Waals surface area (Å²) in [6, 6.07) is 11.7. The molecular formula is C20H24N4O3. The van der Waals surface area contributed by atoms with Crippen LogP contribution in [0.5, 0.6) is 0 Å². The molecule has 0 aliphatic heterocycles. The van der Waals surface area contributed by atoms with E-state index in [1.807, 2.05) is 63.4 Å². The molecule has 0 aliphatic carbocycles. The minimum Gasteiger partial charge on any atom is -0.444 e. The van der Waals surface area contributed by atoms with Crippen molar-refractivity contribution in [1.82, 2.24) is 19.9 Å². The van der Waals surface area contributed by atoms with E-state index >= 15 is 0 Å². The van der Waals surface area contributed by atoms with E-state index < -0.39 is 11.7 Å². The van der Waals surface area contributed by atoms with Crippen LogP contribution in [0.4, 0.5) is 4.79 Å². The van der Waals surface area contributed by atoms with E-state index in [4.69, 9.17) is 9.47 Å². The van der Waals surface area contributed by atoms with Crippen LogP contribution in [-0.2, 0) is 22.6 Å². The van der Waals surface area contributed by atoms with Crippen LogP contribution in [0.1, 0.15) is 31.9 Å². The molecule has 27 heavy (non-hydrogen) atoms. The highest BCUT2D eigenvalue weighted by molar-refractivity contribution is 5.67. The molecule has 7 nitrogen and oxygen atoms in total. The first-order valence-electron chi connectivity index (χ1n) is 8.74. The van der Waals surface area contributed by atoms with Crippen molar-refractivity contribution in [1.29, 1.82) is 0 Å². The summed E-state index contributed by atoms with van der Waals surface area (Å²) in [6.45, 7) is 6.44. The van der Waals surface area contributed by atoms with Crippen LogP contribution < -0.4 is 5.32 Å². The molecule has 0 atom stereocenters. The van der Waals surface area contributed by atoms with Gasteiger partial charge in [0.1, 0.15) is 5.60 Å². The van der Waals surface area contributed by atoms with Crippen molar-refractivity contribution >= 4 is 11.7 Å². The van der Waals surface area contributed by atoms with E-state index in [1.54, 1.807) is 11.6 Å². The van der Waals surface area contributed by atoms with Gasteiger partial charge in [-0.1, -0.05) is 24.3 Å². The first-order chi connectivity index (χ1) is 12.8. The summed E-state index contributed by atoms with van der Waals surface area (Å²) >= 11 is 0. The molecular weight excluding hydrogens is 344 g/mol. The van der Waals surface area contributed by atoms with Gasteiger partial charge in [0.05, 0.1) is 6.61 Å². The van der Waals surface area contributed by atoms with E-state index in [9.17, 15) is 4.79 Å². The van der Waals surface area contributed by atoms with Gasteiger partial charge >= 0.3 is 6.09 Å². The molecule has 3 aromatic rings. The molecule has 0 unspecified atom stereocenters. The lowest BCUT2D eigenvalue weighted by Crippen LogP contribution is -2.32. The van der Waals surface area contributed by atoms with Crippen LogP contribution in [0, 0.1) is 0 Å². The van der Waals surface area contributed by atoms with Crippen molar-refractivity contribution in [2.24, 2.45) is 0 Å². The highest BCUT2D eigenvalue weighted by atomic mass is 16.6. The molecule has 0 aliphatic rings. The number of aromatic nitrogens is 3. The third-order valence-corrected chi connectivity index (χ3v) is 3.76. The number of rotatable bonds is 5. The number of carbonyl (C=O) groups excluding carboxylic acids is 1. The van der Waals surface area contributed by atoms with Crippen molar-refractivity contribution in [2.75, 3.05) is 7.11 Å². The summed E-state index contributed by atoms with van der Waals surface area (Å²) in [5, 5.41) is 7.25. The van der Waals surface area contributed by atoms with Crippen LogP contribution >= 0.6 is 0 Å². The Bertz CT molecular complexity index is 927. The summed E-state index contributed by atoms with van der Waals surface area (Å²) in [4.78, 5) is 16.3. The van der Waals surface area contributed by atoms with Gasteiger partial charge in [0, 0.05) is 25.4 Å². The van der Waals surface area contributed by atoms with E-state index in [0.717, 1.165) is 22.3 Å². The average molecular weight is 368 g/mol.